The van der Waals surface area contributed by atoms with E-state index in [0.717, 1.165) is 71.4 Å². The number of rotatable bonds is 27. The second-order valence-corrected chi connectivity index (χ2v) is 17.8. The van der Waals surface area contributed by atoms with Crippen LogP contribution in [0, 0.1) is 0 Å². The van der Waals surface area contributed by atoms with E-state index in [0.29, 0.717) is 58.7 Å². The monoisotopic (exact) mass is 762 g/mol. The lowest BCUT2D eigenvalue weighted by molar-refractivity contribution is -0.153. The van der Waals surface area contributed by atoms with Crippen molar-refractivity contribution in [2.45, 2.75) is 90.4 Å². The molecule has 2 heterocycles. The highest BCUT2D eigenvalue weighted by atomic mass is 28.4. The molecule has 16 heteroatoms. The first kappa shape index (κ1) is 46.4. The van der Waals surface area contributed by atoms with Crippen molar-refractivity contribution in [1.29, 1.82) is 0 Å². The van der Waals surface area contributed by atoms with E-state index in [9.17, 15) is 14.4 Å². The third kappa shape index (κ3) is 20.6. The molecule has 304 valence electrons. The zero-order valence-corrected chi connectivity index (χ0v) is 34.4. The number of carbonyl (C=O) groups is 3. The first-order valence-corrected chi connectivity index (χ1v) is 21.6. The lowest BCUT2D eigenvalue weighted by atomic mass is 10.2. The SMILES string of the molecule is COC(=O)CCN1CCN(CCC(=O)OC(C)COCC(C)OCC(C)OCC(C)OC(=O)CCN2CCN(CCC[Si](C)(OC)OC)CC2)CC1. The van der Waals surface area contributed by atoms with Gasteiger partial charge in [0, 0.05) is 86.2 Å². The fraction of sp³-hybridized carbons (Fsp3) is 0.917. The summed E-state index contributed by atoms with van der Waals surface area (Å²) in [5.41, 5.74) is 0. The summed E-state index contributed by atoms with van der Waals surface area (Å²) in [6, 6.07) is 0.986. The van der Waals surface area contributed by atoms with Gasteiger partial charge in [-0.3, -0.25) is 14.4 Å². The second kappa shape index (κ2) is 26.1. The van der Waals surface area contributed by atoms with E-state index < -0.39 is 8.56 Å². The molecular weight excluding hydrogens is 692 g/mol. The zero-order chi connectivity index (χ0) is 38.4. The fourth-order valence-electron chi connectivity index (χ4n) is 5.96. The van der Waals surface area contributed by atoms with Crippen LogP contribution in [0.5, 0.6) is 0 Å². The Morgan fingerprint density at radius 2 is 0.904 bits per heavy atom. The molecule has 2 fully saturated rings. The molecule has 0 saturated carbocycles. The Labute approximate surface area is 314 Å². The Morgan fingerprint density at radius 1 is 0.538 bits per heavy atom. The van der Waals surface area contributed by atoms with E-state index in [1.165, 1.54) is 7.11 Å². The quantitative estimate of drug-likeness (QED) is 0.0685. The minimum absolute atomic E-state index is 0.166. The molecule has 2 saturated heterocycles. The van der Waals surface area contributed by atoms with E-state index >= 15 is 0 Å². The fourth-order valence-corrected chi connectivity index (χ4v) is 7.34. The third-order valence-electron chi connectivity index (χ3n) is 9.62. The van der Waals surface area contributed by atoms with Gasteiger partial charge in [0.2, 0.25) is 0 Å². The minimum atomic E-state index is -2.01. The molecule has 0 radical (unpaired) electrons. The molecule has 0 aromatic rings. The summed E-state index contributed by atoms with van der Waals surface area (Å²) in [4.78, 5) is 45.4. The van der Waals surface area contributed by atoms with Crippen molar-refractivity contribution in [3.8, 4) is 0 Å². The third-order valence-corrected chi connectivity index (χ3v) is 12.6. The van der Waals surface area contributed by atoms with Gasteiger partial charge in [-0.05, 0) is 53.3 Å². The molecule has 4 atom stereocenters. The number of methoxy groups -OCH3 is 1. The Hall–Kier alpha value is -1.73. The first-order valence-electron chi connectivity index (χ1n) is 19.1. The van der Waals surface area contributed by atoms with Crippen LogP contribution in [-0.2, 0) is 51.7 Å². The molecule has 2 aliphatic heterocycles. The van der Waals surface area contributed by atoms with Crippen LogP contribution in [0.1, 0.15) is 53.4 Å². The van der Waals surface area contributed by atoms with Crippen molar-refractivity contribution in [1.82, 2.24) is 19.6 Å². The van der Waals surface area contributed by atoms with Gasteiger partial charge in [-0.25, -0.2) is 0 Å². The van der Waals surface area contributed by atoms with Crippen molar-refractivity contribution in [3.63, 3.8) is 0 Å². The van der Waals surface area contributed by atoms with Crippen molar-refractivity contribution in [2.75, 3.05) is 126 Å². The number of hydrogen-bond donors (Lipinski definition) is 0. The molecule has 0 N–H and O–H groups in total. The maximum Gasteiger partial charge on any atom is 0.334 e. The number of nitrogens with zero attached hydrogens (tertiary/aromatic N) is 4. The van der Waals surface area contributed by atoms with Gasteiger partial charge in [0.1, 0.15) is 12.2 Å². The summed E-state index contributed by atoms with van der Waals surface area (Å²) < 4.78 is 44.4. The van der Waals surface area contributed by atoms with Crippen LogP contribution in [0.15, 0.2) is 0 Å². The van der Waals surface area contributed by atoms with E-state index in [1.54, 1.807) is 14.2 Å². The number of piperazine rings is 2. The molecule has 0 aliphatic carbocycles. The summed E-state index contributed by atoms with van der Waals surface area (Å²) >= 11 is 0. The summed E-state index contributed by atoms with van der Waals surface area (Å²) in [5, 5.41) is 0. The molecule has 0 spiro atoms. The van der Waals surface area contributed by atoms with E-state index in [4.69, 9.17) is 37.3 Å². The maximum absolute atomic E-state index is 12.5. The molecular formula is C36H70N4O11Si. The Balaban J connectivity index is 1.45. The van der Waals surface area contributed by atoms with Crippen LogP contribution < -0.4 is 0 Å². The van der Waals surface area contributed by atoms with Crippen LogP contribution in [-0.4, -0.2) is 197 Å². The summed E-state index contributed by atoms with van der Waals surface area (Å²) in [5.74, 6) is -0.641. The standard InChI is InChI=1S/C36H70N4O11Si/c1-30(26-47-27-32(3)50-35(42)11-15-40-23-21-38(22-24-40)14-10-34(41)44-5)48-28-31(2)49-29-33(4)51-36(43)12-16-39-19-17-37(18-20-39)13-9-25-52(8,45-6)46-7/h30-33H,9-29H2,1-8H3. The van der Waals surface area contributed by atoms with Crippen LogP contribution in [0.2, 0.25) is 12.6 Å². The van der Waals surface area contributed by atoms with Crippen molar-refractivity contribution >= 4 is 26.5 Å². The predicted molar refractivity (Wildman–Crippen MR) is 199 cm³/mol. The average molecular weight is 763 g/mol. The Bertz CT molecular complexity index is 995. The van der Waals surface area contributed by atoms with Gasteiger partial charge in [-0.1, -0.05) is 0 Å². The molecule has 15 nitrogen and oxygen atoms in total. The normalized spacial score (nSPS) is 19.2. The van der Waals surface area contributed by atoms with E-state index in [-0.39, 0.29) is 48.9 Å². The highest BCUT2D eigenvalue weighted by molar-refractivity contribution is 6.65. The van der Waals surface area contributed by atoms with Crippen LogP contribution in [0.25, 0.3) is 0 Å². The molecule has 2 rings (SSSR count). The predicted octanol–water partition coefficient (Wildman–Crippen LogP) is 2.01. The number of hydrogen-bond acceptors (Lipinski definition) is 15. The lowest BCUT2D eigenvalue weighted by Gasteiger charge is -2.35. The van der Waals surface area contributed by atoms with Gasteiger partial charge < -0.3 is 56.9 Å². The minimum Gasteiger partial charge on any atom is -0.469 e. The topological polar surface area (TPSA) is 138 Å². The van der Waals surface area contributed by atoms with Crippen LogP contribution in [0.3, 0.4) is 0 Å². The van der Waals surface area contributed by atoms with Crippen molar-refractivity contribution in [2.24, 2.45) is 0 Å². The number of ether oxygens (including phenoxy) is 6. The Morgan fingerprint density at radius 3 is 1.35 bits per heavy atom. The number of carbonyl (C=O) groups excluding carboxylic acids is 3. The summed E-state index contributed by atoms with van der Waals surface area (Å²) in [6.07, 6.45) is 1.11. The first-order chi connectivity index (χ1) is 24.8. The van der Waals surface area contributed by atoms with Crippen molar-refractivity contribution < 1.29 is 51.7 Å². The largest absolute Gasteiger partial charge is 0.469 e. The van der Waals surface area contributed by atoms with Gasteiger partial charge in [0.15, 0.2) is 0 Å². The zero-order valence-electron chi connectivity index (χ0n) is 33.4. The molecule has 0 aromatic heterocycles. The summed E-state index contributed by atoms with van der Waals surface area (Å²) in [7, 11) is 2.88. The lowest BCUT2D eigenvalue weighted by Crippen LogP contribution is -2.47. The second-order valence-electron chi connectivity index (χ2n) is 14.3. The highest BCUT2D eigenvalue weighted by Crippen LogP contribution is 2.15. The van der Waals surface area contributed by atoms with Gasteiger partial charge in [-0.15, -0.1) is 0 Å². The van der Waals surface area contributed by atoms with Gasteiger partial charge >= 0.3 is 26.5 Å². The van der Waals surface area contributed by atoms with E-state index in [2.05, 4.69) is 26.1 Å². The maximum atomic E-state index is 12.5. The van der Waals surface area contributed by atoms with Crippen LogP contribution in [0.4, 0.5) is 0 Å². The van der Waals surface area contributed by atoms with Gasteiger partial charge in [0.05, 0.1) is 65.0 Å². The molecule has 2 aliphatic rings. The van der Waals surface area contributed by atoms with Crippen molar-refractivity contribution in [3.05, 3.63) is 0 Å². The molecule has 0 amide bonds. The van der Waals surface area contributed by atoms with Gasteiger partial charge in [0.25, 0.3) is 0 Å². The molecule has 0 aromatic carbocycles. The highest BCUT2D eigenvalue weighted by Gasteiger charge is 2.28. The smallest absolute Gasteiger partial charge is 0.334 e. The Kier molecular flexibility index (Phi) is 23.3. The van der Waals surface area contributed by atoms with Crippen LogP contribution >= 0.6 is 0 Å². The van der Waals surface area contributed by atoms with E-state index in [1.807, 2.05) is 27.7 Å². The molecule has 4 unspecified atom stereocenters. The van der Waals surface area contributed by atoms with Gasteiger partial charge in [-0.2, -0.15) is 0 Å². The average Bonchev–Trinajstić information content (AvgIpc) is 3.14. The summed E-state index contributed by atoms with van der Waals surface area (Å²) in [6.45, 7) is 21.4. The molecule has 52 heavy (non-hydrogen) atoms. The molecule has 0 bridgehead atoms. The number of esters is 3.